The topological polar surface area (TPSA) is 502 Å². The van der Waals surface area contributed by atoms with Crippen molar-refractivity contribution in [3.05, 3.63) is 0 Å². The highest BCUT2D eigenvalue weighted by atomic mass is 16.4. The quantitative estimate of drug-likeness (QED) is 0.0259. The van der Waals surface area contributed by atoms with Gasteiger partial charge >= 0.3 is 5.97 Å². The lowest BCUT2D eigenvalue weighted by atomic mass is 9.97. The molecule has 3 aliphatic rings. The van der Waals surface area contributed by atoms with Crippen LogP contribution in [0.2, 0.25) is 0 Å². The fourth-order valence-electron chi connectivity index (χ4n) is 11.8. The second kappa shape index (κ2) is 40.9. The molecule has 0 aromatic heterocycles. The summed E-state index contributed by atoms with van der Waals surface area (Å²) in [5, 5.41) is 65.2. The molecular weight excluding hydrogens is 1270 g/mol. The van der Waals surface area contributed by atoms with Crippen molar-refractivity contribution in [3.8, 4) is 0 Å². The minimum Gasteiger partial charge on any atom is -0.480 e. The lowest BCUT2D eigenvalue weighted by molar-refractivity contribution is -0.143. The number of carbonyl (C=O) groups excluding carboxylic acids is 13. The largest absolute Gasteiger partial charge is 0.480 e. The van der Waals surface area contributed by atoms with E-state index in [1.165, 1.54) is 21.6 Å². The molecule has 0 aromatic carbocycles. The van der Waals surface area contributed by atoms with E-state index in [1.54, 1.807) is 55.4 Å². The molecule has 0 unspecified atom stereocenters. The van der Waals surface area contributed by atoms with Crippen molar-refractivity contribution in [1.29, 1.82) is 0 Å². The van der Waals surface area contributed by atoms with Crippen LogP contribution in [0.25, 0.3) is 0 Å². The van der Waals surface area contributed by atoms with Crippen LogP contribution >= 0.6 is 0 Å². The van der Waals surface area contributed by atoms with E-state index in [-0.39, 0.29) is 82.3 Å². The van der Waals surface area contributed by atoms with E-state index >= 15 is 0 Å². The van der Waals surface area contributed by atoms with Gasteiger partial charge in [0.1, 0.15) is 72.5 Å². The van der Waals surface area contributed by atoms with Crippen LogP contribution in [-0.2, 0) is 67.1 Å². The molecule has 550 valence electrons. The molecule has 0 bridgehead atoms. The summed E-state index contributed by atoms with van der Waals surface area (Å²) in [4.78, 5) is 194. The number of amides is 13. The lowest BCUT2D eigenvalue weighted by Gasteiger charge is -2.32. The SMILES string of the molecule is CC[C@H](C)[C@H](NC(=O)[C@@H]1CCCN1C(=O)[C@H](CC(C)C)NC(=O)[C@H](CCCCN)NC(=O)[C@@H](N)[C@@H](C)O)C(=O)NCC(=O)N1CCC[C@H]1C(=O)N[C@@H](CO)C(=O)NCC(=O)N[C@@H](CC(C)C)C(=O)N1CCC[C@H]1C(=O)N[C@H](C(=O)N[C@@H](CO)C(=O)N[C@@H](CC(C)C)C(=O)O)C(C)C. The third kappa shape index (κ3) is 26.0. The molecule has 14 atom stereocenters. The molecule has 13 amide bonds. The Labute approximate surface area is 568 Å². The van der Waals surface area contributed by atoms with Gasteiger partial charge in [0.2, 0.25) is 76.8 Å². The number of aliphatic hydroxyl groups is 3. The molecule has 3 heterocycles. The van der Waals surface area contributed by atoms with Crippen LogP contribution < -0.4 is 64.6 Å². The van der Waals surface area contributed by atoms with E-state index in [2.05, 4.69) is 53.2 Å². The van der Waals surface area contributed by atoms with Gasteiger partial charge in [-0.05, 0) is 120 Å². The number of nitrogens with zero attached hydrogens (tertiary/aromatic N) is 3. The van der Waals surface area contributed by atoms with Crippen molar-refractivity contribution >= 4 is 82.8 Å². The summed E-state index contributed by atoms with van der Waals surface area (Å²) in [6.07, 6.45) is 2.40. The van der Waals surface area contributed by atoms with Gasteiger partial charge in [-0.2, -0.15) is 0 Å². The van der Waals surface area contributed by atoms with Gasteiger partial charge in [-0.1, -0.05) is 75.7 Å². The number of hydrogen-bond acceptors (Lipinski definition) is 19. The van der Waals surface area contributed by atoms with Crippen LogP contribution in [0.4, 0.5) is 0 Å². The molecule has 3 aliphatic heterocycles. The fourth-order valence-corrected chi connectivity index (χ4v) is 11.8. The summed E-state index contributed by atoms with van der Waals surface area (Å²) in [5.74, 6) is -12.6. The second-order valence-electron chi connectivity index (χ2n) is 27.2. The monoisotopic (exact) mass is 1380 g/mol. The number of hydrogen-bond donors (Lipinski definition) is 16. The van der Waals surface area contributed by atoms with Gasteiger partial charge in [-0.25, -0.2) is 4.79 Å². The van der Waals surface area contributed by atoms with Crippen molar-refractivity contribution in [2.24, 2.45) is 41.1 Å². The molecule has 0 saturated carbocycles. The highest BCUT2D eigenvalue weighted by Crippen LogP contribution is 2.24. The first-order valence-electron chi connectivity index (χ1n) is 34.1. The number of carboxylic acids is 1. The number of aliphatic hydroxyl groups excluding tert-OH is 3. The zero-order chi connectivity index (χ0) is 73.1. The molecule has 0 spiro atoms. The maximum atomic E-state index is 14.4. The third-order valence-electron chi connectivity index (χ3n) is 17.4. The van der Waals surface area contributed by atoms with Gasteiger partial charge in [-0.15, -0.1) is 0 Å². The van der Waals surface area contributed by atoms with E-state index in [0.29, 0.717) is 45.1 Å². The van der Waals surface area contributed by atoms with Gasteiger partial charge in [0.15, 0.2) is 0 Å². The first kappa shape index (κ1) is 83.6. The second-order valence-corrected chi connectivity index (χ2v) is 27.2. The summed E-state index contributed by atoms with van der Waals surface area (Å²) >= 11 is 0. The summed E-state index contributed by atoms with van der Waals surface area (Å²) < 4.78 is 0. The molecule has 3 rings (SSSR count). The van der Waals surface area contributed by atoms with Crippen molar-refractivity contribution in [2.45, 2.75) is 238 Å². The molecule has 0 aliphatic carbocycles. The maximum absolute atomic E-state index is 14.4. The normalized spacial score (nSPS) is 19.6. The van der Waals surface area contributed by atoms with Gasteiger partial charge in [0.25, 0.3) is 0 Å². The van der Waals surface area contributed by atoms with Crippen molar-refractivity contribution in [2.75, 3.05) is 52.5 Å². The van der Waals surface area contributed by atoms with Gasteiger partial charge in [0, 0.05) is 19.6 Å². The number of rotatable bonds is 40. The average Bonchev–Trinajstić information content (AvgIpc) is 1.76. The summed E-state index contributed by atoms with van der Waals surface area (Å²) in [6.45, 7) is 16.4. The van der Waals surface area contributed by atoms with Gasteiger partial charge < -0.3 is 99.8 Å². The van der Waals surface area contributed by atoms with Crippen LogP contribution in [0.1, 0.15) is 160 Å². The number of unbranched alkanes of at least 4 members (excludes halogenated alkanes) is 1. The average molecular weight is 1380 g/mol. The smallest absolute Gasteiger partial charge is 0.326 e. The van der Waals surface area contributed by atoms with Crippen molar-refractivity contribution < 1.29 is 87.5 Å². The predicted octanol–water partition coefficient (Wildman–Crippen LogP) is -4.18. The van der Waals surface area contributed by atoms with Gasteiger partial charge in [-0.3, -0.25) is 62.3 Å². The van der Waals surface area contributed by atoms with Crippen LogP contribution in [-0.4, -0.2) is 249 Å². The zero-order valence-corrected chi connectivity index (χ0v) is 58.2. The van der Waals surface area contributed by atoms with E-state index in [4.69, 9.17) is 11.5 Å². The van der Waals surface area contributed by atoms with Crippen molar-refractivity contribution in [3.63, 3.8) is 0 Å². The Bertz CT molecular complexity index is 2720. The molecule has 33 heteroatoms. The third-order valence-corrected chi connectivity index (χ3v) is 17.4. The Kier molecular flexibility index (Phi) is 35.3. The summed E-state index contributed by atoms with van der Waals surface area (Å²) in [5.41, 5.74) is 11.5. The highest BCUT2D eigenvalue weighted by Gasteiger charge is 2.44. The van der Waals surface area contributed by atoms with Crippen molar-refractivity contribution in [1.82, 2.24) is 67.9 Å². The Balaban J connectivity index is 1.64. The molecule has 3 fully saturated rings. The number of likely N-dealkylation sites (tertiary alicyclic amines) is 3. The summed E-state index contributed by atoms with van der Waals surface area (Å²) in [7, 11) is 0. The molecule has 0 aromatic rings. The van der Waals surface area contributed by atoms with Gasteiger partial charge in [0.05, 0.1) is 32.4 Å². The number of aliphatic carboxylic acids is 1. The Morgan fingerprint density at radius 2 is 0.897 bits per heavy atom. The first-order chi connectivity index (χ1) is 45.6. The standard InChI is InChI=1S/C64H111N15O18/c1-12-37(10)52(76-58(90)47-21-17-25-79(47)63(95)41(27-34(4)5)71-54(86)39(18-13-14-22-65)70-59(91)50(66)38(11)82)60(92)68-30-49(84)77-23-15-19-45(77)56(88)73-43(31-80)53(85)67-29-48(83)69-40(26-33(2)3)62(94)78-24-16-20-46(78)57(89)75-51(36(8)9)61(93)74-44(32-81)55(87)72-42(64(96)97)28-35(6)7/h33-47,50-52,80-82H,12-32,65-66H2,1-11H3,(H,67,85)(H,68,92)(H,69,83)(H,70,91)(H,71,86)(H,72,87)(H,73,88)(H,74,93)(H,75,89)(H,76,90)(H,96,97)/t37-,38+,39-,40-,41-,42-,43-,44-,45-,46-,47-,50-,51-,52-/m0/s1. The van der Waals surface area contributed by atoms with Crippen LogP contribution in [0.15, 0.2) is 0 Å². The maximum Gasteiger partial charge on any atom is 0.326 e. The van der Waals surface area contributed by atoms with Crippen LogP contribution in [0.5, 0.6) is 0 Å². The molecule has 0 radical (unpaired) electrons. The molecular formula is C64H111N15O18. The number of carboxylic acid groups (broad SMARTS) is 1. The van der Waals surface area contributed by atoms with E-state index in [0.717, 1.165) is 0 Å². The number of carbonyl (C=O) groups is 14. The Morgan fingerprint density at radius 3 is 1.37 bits per heavy atom. The molecule has 33 nitrogen and oxygen atoms in total. The lowest BCUT2D eigenvalue weighted by Crippen LogP contribution is -2.60. The predicted molar refractivity (Wildman–Crippen MR) is 353 cm³/mol. The summed E-state index contributed by atoms with van der Waals surface area (Å²) in [6, 6.07) is -15.0. The number of nitrogens with two attached hydrogens (primary N) is 2. The minimum absolute atomic E-state index is 0.0800. The Hall–Kier alpha value is -7.62. The minimum atomic E-state index is -1.62. The highest BCUT2D eigenvalue weighted by molar-refractivity contribution is 6.00. The first-order valence-corrected chi connectivity index (χ1v) is 34.1. The molecule has 97 heavy (non-hydrogen) atoms. The van der Waals surface area contributed by atoms with E-state index < -0.39 is 200 Å². The van der Waals surface area contributed by atoms with Crippen LogP contribution in [0.3, 0.4) is 0 Å². The van der Waals surface area contributed by atoms with E-state index in [9.17, 15) is 87.5 Å². The number of nitrogens with one attached hydrogen (secondary N) is 10. The Morgan fingerprint density at radius 1 is 0.474 bits per heavy atom. The van der Waals surface area contributed by atoms with Crippen LogP contribution in [0, 0.1) is 29.6 Å². The fraction of sp³-hybridized carbons (Fsp3) is 0.781. The molecule has 18 N–H and O–H groups in total. The molecule has 3 saturated heterocycles. The zero-order valence-electron chi connectivity index (χ0n) is 58.2. The van der Waals surface area contributed by atoms with E-state index in [1.807, 2.05) is 13.8 Å².